The third-order valence-electron chi connectivity index (χ3n) is 4.25. The molecule has 1 fully saturated rings. The molecule has 23 heavy (non-hydrogen) atoms. The highest BCUT2D eigenvalue weighted by molar-refractivity contribution is 5.74. The van der Waals surface area contributed by atoms with Crippen molar-refractivity contribution in [3.8, 4) is 11.5 Å². The van der Waals surface area contributed by atoms with Crippen LogP contribution in [0.15, 0.2) is 18.2 Å². The first-order valence-electron chi connectivity index (χ1n) is 8.15. The lowest BCUT2D eigenvalue weighted by atomic mass is 10.1. The molecule has 1 N–H and O–H groups in total. The lowest BCUT2D eigenvalue weighted by Gasteiger charge is -2.25. The van der Waals surface area contributed by atoms with Gasteiger partial charge in [-0.25, -0.2) is 4.79 Å². The van der Waals surface area contributed by atoms with Crippen LogP contribution in [0, 0.1) is 0 Å². The Labute approximate surface area is 136 Å². The highest BCUT2D eigenvalue weighted by Crippen LogP contribution is 2.31. The Hall–Kier alpha value is -1.95. The zero-order chi connectivity index (χ0) is 16.2. The molecule has 0 bridgehead atoms. The van der Waals surface area contributed by atoms with Gasteiger partial charge in [0.15, 0.2) is 11.5 Å². The molecule has 2 atom stereocenters. The smallest absolute Gasteiger partial charge is 0.317 e. The summed E-state index contributed by atoms with van der Waals surface area (Å²) in [5.41, 5.74) is 1.01. The van der Waals surface area contributed by atoms with Crippen LogP contribution >= 0.6 is 0 Å². The Morgan fingerprint density at radius 1 is 1.30 bits per heavy atom. The van der Waals surface area contributed by atoms with E-state index in [1.54, 1.807) is 11.9 Å². The molecule has 2 aliphatic heterocycles. The van der Waals surface area contributed by atoms with Crippen molar-refractivity contribution in [2.75, 3.05) is 26.9 Å². The van der Waals surface area contributed by atoms with Crippen LogP contribution in [0.1, 0.15) is 25.3 Å². The van der Waals surface area contributed by atoms with E-state index < -0.39 is 0 Å². The molecule has 6 heteroatoms. The summed E-state index contributed by atoms with van der Waals surface area (Å²) in [5.74, 6) is 1.51. The minimum Gasteiger partial charge on any atom is -0.486 e. The molecule has 2 aliphatic rings. The molecule has 0 radical (unpaired) electrons. The normalized spacial score (nSPS) is 20.9. The van der Waals surface area contributed by atoms with E-state index in [1.807, 2.05) is 25.1 Å². The number of hydrogen-bond acceptors (Lipinski definition) is 4. The number of hydrogen-bond donors (Lipinski definition) is 1. The number of rotatable bonds is 4. The van der Waals surface area contributed by atoms with Crippen molar-refractivity contribution in [3.63, 3.8) is 0 Å². The van der Waals surface area contributed by atoms with E-state index in [9.17, 15) is 4.79 Å². The Bertz CT molecular complexity index is 558. The van der Waals surface area contributed by atoms with Gasteiger partial charge in [-0.3, -0.25) is 0 Å². The largest absolute Gasteiger partial charge is 0.486 e. The van der Waals surface area contributed by atoms with Crippen LogP contribution in [-0.2, 0) is 11.3 Å². The zero-order valence-corrected chi connectivity index (χ0v) is 13.7. The Morgan fingerprint density at radius 2 is 2.09 bits per heavy atom. The number of carbonyl (C=O) groups excluding carboxylic acids is 1. The fourth-order valence-corrected chi connectivity index (χ4v) is 2.93. The van der Waals surface area contributed by atoms with Gasteiger partial charge in [0, 0.05) is 20.2 Å². The molecule has 0 aromatic heterocycles. The van der Waals surface area contributed by atoms with Crippen LogP contribution in [0.2, 0.25) is 0 Å². The summed E-state index contributed by atoms with van der Waals surface area (Å²) in [6.07, 6.45) is 2.20. The number of nitrogens with zero attached hydrogens (tertiary/aromatic N) is 1. The second kappa shape index (κ2) is 7.08. The zero-order valence-electron chi connectivity index (χ0n) is 13.7. The van der Waals surface area contributed by atoms with Gasteiger partial charge < -0.3 is 24.4 Å². The summed E-state index contributed by atoms with van der Waals surface area (Å²) in [6.45, 7) is 4.44. The molecule has 1 aromatic carbocycles. The maximum absolute atomic E-state index is 12.3. The van der Waals surface area contributed by atoms with Crippen molar-refractivity contribution < 1.29 is 19.0 Å². The predicted octanol–water partition coefficient (Wildman–Crippen LogP) is 2.17. The van der Waals surface area contributed by atoms with Crippen LogP contribution in [0.5, 0.6) is 11.5 Å². The molecule has 3 rings (SSSR count). The number of carbonyl (C=O) groups is 1. The first-order valence-corrected chi connectivity index (χ1v) is 8.15. The van der Waals surface area contributed by atoms with Crippen molar-refractivity contribution in [3.05, 3.63) is 23.8 Å². The molecule has 1 aromatic rings. The predicted molar refractivity (Wildman–Crippen MR) is 85.9 cm³/mol. The molecule has 0 unspecified atom stereocenters. The fraction of sp³-hybridized carbons (Fsp3) is 0.588. The summed E-state index contributed by atoms with van der Waals surface area (Å²) < 4.78 is 16.7. The van der Waals surface area contributed by atoms with E-state index in [2.05, 4.69) is 5.32 Å². The number of ether oxygens (including phenoxy) is 3. The number of nitrogens with one attached hydrogen (secondary N) is 1. The van der Waals surface area contributed by atoms with E-state index >= 15 is 0 Å². The first-order chi connectivity index (χ1) is 11.1. The van der Waals surface area contributed by atoms with Crippen molar-refractivity contribution in [1.82, 2.24) is 10.2 Å². The Kier molecular flexibility index (Phi) is 4.91. The van der Waals surface area contributed by atoms with E-state index in [0.29, 0.717) is 19.8 Å². The van der Waals surface area contributed by atoms with Crippen LogP contribution in [0.25, 0.3) is 0 Å². The number of amides is 2. The third-order valence-corrected chi connectivity index (χ3v) is 4.25. The molecular formula is C17H24N2O4. The first kappa shape index (κ1) is 15.9. The molecule has 0 spiro atoms. The van der Waals surface area contributed by atoms with Gasteiger partial charge in [0.1, 0.15) is 13.2 Å². The average Bonchev–Trinajstić information content (AvgIpc) is 3.09. The molecule has 2 heterocycles. The molecular weight excluding hydrogens is 296 g/mol. The lowest BCUT2D eigenvalue weighted by molar-refractivity contribution is 0.0838. The number of fused-ring (bicyclic) bond motifs is 1. The van der Waals surface area contributed by atoms with E-state index in [0.717, 1.165) is 36.5 Å². The molecule has 6 nitrogen and oxygen atoms in total. The van der Waals surface area contributed by atoms with Gasteiger partial charge in [0.2, 0.25) is 0 Å². The van der Waals surface area contributed by atoms with Crippen molar-refractivity contribution in [1.29, 1.82) is 0 Å². The third kappa shape index (κ3) is 3.88. The van der Waals surface area contributed by atoms with Crippen LogP contribution < -0.4 is 14.8 Å². The molecule has 2 amide bonds. The highest BCUT2D eigenvalue weighted by atomic mass is 16.6. The summed E-state index contributed by atoms with van der Waals surface area (Å²) in [5, 5.41) is 3.01. The standard InChI is InChI=1S/C17H24N2O4/c1-12(14-4-3-7-21-14)18-17(20)19(2)11-13-5-6-15-16(10-13)23-9-8-22-15/h5-6,10,12,14H,3-4,7-9,11H2,1-2H3,(H,18,20)/t12-,14-/m1/s1. The van der Waals surface area contributed by atoms with Gasteiger partial charge in [-0.15, -0.1) is 0 Å². The Morgan fingerprint density at radius 3 is 2.83 bits per heavy atom. The molecule has 0 aliphatic carbocycles. The van der Waals surface area contributed by atoms with Gasteiger partial charge in [-0.2, -0.15) is 0 Å². The van der Waals surface area contributed by atoms with Crippen LogP contribution in [0.4, 0.5) is 4.79 Å². The van der Waals surface area contributed by atoms with Gasteiger partial charge in [0.05, 0.1) is 12.1 Å². The monoisotopic (exact) mass is 320 g/mol. The summed E-state index contributed by atoms with van der Waals surface area (Å²) in [4.78, 5) is 14.0. The maximum Gasteiger partial charge on any atom is 0.317 e. The molecule has 1 saturated heterocycles. The SMILES string of the molecule is C[C@@H](NC(=O)N(C)Cc1ccc2c(c1)OCCO2)[C@H]1CCCO1. The maximum atomic E-state index is 12.3. The second-order valence-electron chi connectivity index (χ2n) is 6.12. The second-order valence-corrected chi connectivity index (χ2v) is 6.12. The van der Waals surface area contributed by atoms with E-state index in [4.69, 9.17) is 14.2 Å². The average molecular weight is 320 g/mol. The van der Waals surface area contributed by atoms with Gasteiger partial charge >= 0.3 is 6.03 Å². The lowest BCUT2D eigenvalue weighted by Crippen LogP contribution is -2.46. The molecule has 0 saturated carbocycles. The molecule has 126 valence electrons. The topological polar surface area (TPSA) is 60.0 Å². The summed E-state index contributed by atoms with van der Waals surface area (Å²) in [7, 11) is 1.79. The van der Waals surface area contributed by atoms with E-state index in [-0.39, 0.29) is 18.2 Å². The van der Waals surface area contributed by atoms with Crippen LogP contribution in [-0.4, -0.2) is 49.9 Å². The number of benzene rings is 1. The van der Waals surface area contributed by atoms with Gasteiger partial charge in [-0.1, -0.05) is 6.07 Å². The highest BCUT2D eigenvalue weighted by Gasteiger charge is 2.24. The summed E-state index contributed by atoms with van der Waals surface area (Å²) in [6, 6.07) is 5.71. The fourth-order valence-electron chi connectivity index (χ4n) is 2.93. The number of urea groups is 1. The van der Waals surface area contributed by atoms with Gasteiger partial charge in [-0.05, 0) is 37.5 Å². The minimum atomic E-state index is -0.0945. The van der Waals surface area contributed by atoms with Crippen molar-refractivity contribution >= 4 is 6.03 Å². The summed E-state index contributed by atoms with van der Waals surface area (Å²) >= 11 is 0. The van der Waals surface area contributed by atoms with Crippen LogP contribution in [0.3, 0.4) is 0 Å². The quantitative estimate of drug-likeness (QED) is 0.923. The Balaban J connectivity index is 1.55. The van der Waals surface area contributed by atoms with E-state index in [1.165, 1.54) is 0 Å². The van der Waals surface area contributed by atoms with Crippen molar-refractivity contribution in [2.45, 2.75) is 38.5 Å². The van der Waals surface area contributed by atoms with Gasteiger partial charge in [0.25, 0.3) is 0 Å². The minimum absolute atomic E-state index is 0.0210. The van der Waals surface area contributed by atoms with Crippen molar-refractivity contribution in [2.24, 2.45) is 0 Å².